The highest BCUT2D eigenvalue weighted by atomic mass is 16.5. The van der Waals surface area contributed by atoms with Crippen molar-refractivity contribution < 1.29 is 38.7 Å². The van der Waals surface area contributed by atoms with Crippen LogP contribution in [-0.4, -0.2) is 57.8 Å². The molecule has 8 heteroatoms. The van der Waals surface area contributed by atoms with Crippen LogP contribution in [0, 0.1) is 5.92 Å². The van der Waals surface area contributed by atoms with Gasteiger partial charge in [0.25, 0.3) is 0 Å². The highest BCUT2D eigenvalue weighted by Crippen LogP contribution is 2.34. The molecule has 0 aliphatic rings. The Bertz CT molecular complexity index is 1030. The van der Waals surface area contributed by atoms with Gasteiger partial charge >= 0.3 is 5.97 Å². The van der Waals surface area contributed by atoms with Crippen LogP contribution in [0.25, 0.3) is 6.08 Å². The van der Waals surface area contributed by atoms with Crippen LogP contribution < -0.4 is 18.9 Å². The second-order valence-electron chi connectivity index (χ2n) is 7.64. The first-order chi connectivity index (χ1) is 16.9. The lowest BCUT2D eigenvalue weighted by Gasteiger charge is -2.23. The van der Waals surface area contributed by atoms with E-state index in [1.165, 1.54) is 20.3 Å². The van der Waals surface area contributed by atoms with Gasteiger partial charge < -0.3 is 33.9 Å². The summed E-state index contributed by atoms with van der Waals surface area (Å²) in [6.07, 6.45) is 4.73. The fraction of sp³-hybridized carbons (Fsp3) is 0.370. The maximum Gasteiger partial charge on any atom is 0.336 e. The Labute approximate surface area is 206 Å². The molecule has 2 N–H and O–H groups in total. The molecule has 35 heavy (non-hydrogen) atoms. The first kappa shape index (κ1) is 27.8. The van der Waals surface area contributed by atoms with E-state index in [4.69, 9.17) is 23.7 Å². The molecule has 190 valence electrons. The molecule has 2 aromatic rings. The van der Waals surface area contributed by atoms with E-state index in [2.05, 4.69) is 0 Å². The monoisotopic (exact) mass is 486 g/mol. The summed E-state index contributed by atoms with van der Waals surface area (Å²) in [6.45, 7) is 1.17. The maximum absolute atomic E-state index is 12.3. The van der Waals surface area contributed by atoms with Crippen molar-refractivity contribution in [2.24, 2.45) is 5.92 Å². The Balaban J connectivity index is 2.26. The van der Waals surface area contributed by atoms with Gasteiger partial charge in [-0.25, -0.2) is 4.79 Å². The van der Waals surface area contributed by atoms with Gasteiger partial charge in [0.2, 0.25) is 0 Å². The predicted octanol–water partition coefficient (Wildman–Crippen LogP) is 3.96. The second-order valence-corrected chi connectivity index (χ2v) is 7.64. The van der Waals surface area contributed by atoms with Gasteiger partial charge in [0, 0.05) is 5.92 Å². The number of aliphatic hydroxyl groups is 2. The molecule has 0 aromatic heterocycles. The van der Waals surface area contributed by atoms with Crippen molar-refractivity contribution in [2.45, 2.75) is 19.4 Å². The van der Waals surface area contributed by atoms with E-state index < -0.39 is 24.6 Å². The van der Waals surface area contributed by atoms with Crippen molar-refractivity contribution in [1.29, 1.82) is 0 Å². The third-order valence-electron chi connectivity index (χ3n) is 5.56. The van der Waals surface area contributed by atoms with Crippen molar-refractivity contribution in [2.75, 3.05) is 41.7 Å². The summed E-state index contributed by atoms with van der Waals surface area (Å²) in [7, 11) is 6.20. The van der Waals surface area contributed by atoms with Gasteiger partial charge in [0.05, 0.1) is 53.3 Å². The van der Waals surface area contributed by atoms with E-state index in [0.29, 0.717) is 35.0 Å². The number of esters is 1. The zero-order valence-corrected chi connectivity index (χ0v) is 20.8. The third kappa shape index (κ3) is 7.50. The van der Waals surface area contributed by atoms with Crippen LogP contribution in [-0.2, 0) is 9.53 Å². The average Bonchev–Trinajstić information content (AvgIpc) is 2.90. The van der Waals surface area contributed by atoms with Gasteiger partial charge in [-0.1, -0.05) is 30.4 Å². The Kier molecular flexibility index (Phi) is 11.1. The fourth-order valence-electron chi connectivity index (χ4n) is 3.48. The van der Waals surface area contributed by atoms with Crippen LogP contribution in [0.4, 0.5) is 0 Å². The number of aliphatic hydroxyl groups excluding tert-OH is 2. The highest BCUT2D eigenvalue weighted by molar-refractivity contribution is 5.88. The van der Waals surface area contributed by atoms with Crippen LogP contribution in [0.15, 0.2) is 54.1 Å². The number of carbonyl (C=O) groups excluding carboxylic acids is 1. The number of hydrogen-bond donors (Lipinski definition) is 2. The van der Waals surface area contributed by atoms with Crippen molar-refractivity contribution in [3.8, 4) is 23.0 Å². The van der Waals surface area contributed by atoms with Crippen LogP contribution in [0.3, 0.4) is 0 Å². The van der Waals surface area contributed by atoms with Crippen LogP contribution >= 0.6 is 0 Å². The molecule has 0 spiro atoms. The number of hydrogen-bond acceptors (Lipinski definition) is 8. The van der Waals surface area contributed by atoms with Crippen molar-refractivity contribution in [3.05, 3.63) is 65.3 Å². The Morgan fingerprint density at radius 3 is 2.09 bits per heavy atom. The lowest BCUT2D eigenvalue weighted by molar-refractivity contribution is -0.142. The molecule has 0 radical (unpaired) electrons. The molecule has 0 heterocycles. The van der Waals surface area contributed by atoms with E-state index in [1.54, 1.807) is 39.3 Å². The minimum absolute atomic E-state index is 0.0536. The minimum Gasteiger partial charge on any atom is -0.493 e. The summed E-state index contributed by atoms with van der Waals surface area (Å²) in [5.41, 5.74) is 1.64. The van der Waals surface area contributed by atoms with E-state index in [0.717, 1.165) is 5.56 Å². The third-order valence-corrected chi connectivity index (χ3v) is 5.56. The Morgan fingerprint density at radius 2 is 1.51 bits per heavy atom. The largest absolute Gasteiger partial charge is 0.493 e. The number of ether oxygens (including phenoxy) is 5. The molecule has 2 atom stereocenters. The standard InChI is InChI=1S/C27H34O8/c1-6-19(16-28)27(30)35-17-21(26(29)20-11-13-23(32-3)25(15-20)34-5)9-7-8-18-10-12-22(31-2)24(14-18)33-4/h6-8,10-15,21,26,28-29H,9,16-17H2,1-5H3. The van der Waals surface area contributed by atoms with Gasteiger partial charge in [0.15, 0.2) is 23.0 Å². The summed E-state index contributed by atoms with van der Waals surface area (Å²) in [4.78, 5) is 12.3. The normalized spacial score (nSPS) is 13.3. The first-order valence-electron chi connectivity index (χ1n) is 11.1. The summed E-state index contributed by atoms with van der Waals surface area (Å²) >= 11 is 0. The van der Waals surface area contributed by atoms with Gasteiger partial charge in [-0.05, 0) is 48.7 Å². The van der Waals surface area contributed by atoms with Crippen LogP contribution in [0.1, 0.15) is 30.6 Å². The zero-order valence-electron chi connectivity index (χ0n) is 20.8. The molecule has 0 aliphatic heterocycles. The Morgan fingerprint density at radius 1 is 0.914 bits per heavy atom. The van der Waals surface area contributed by atoms with Crippen LogP contribution in [0.2, 0.25) is 0 Å². The summed E-state index contributed by atoms with van der Waals surface area (Å²) in [5.74, 6) is 1.17. The van der Waals surface area contributed by atoms with Gasteiger partial charge in [0.1, 0.15) is 0 Å². The smallest absolute Gasteiger partial charge is 0.336 e. The summed E-state index contributed by atoms with van der Waals surface area (Å²) in [5, 5.41) is 20.5. The van der Waals surface area contributed by atoms with Crippen molar-refractivity contribution in [1.82, 2.24) is 0 Å². The topological polar surface area (TPSA) is 104 Å². The van der Waals surface area contributed by atoms with Gasteiger partial charge in [-0.2, -0.15) is 0 Å². The Hall–Kier alpha value is -3.49. The molecule has 0 aliphatic carbocycles. The average molecular weight is 487 g/mol. The highest BCUT2D eigenvalue weighted by Gasteiger charge is 2.24. The molecule has 0 amide bonds. The fourth-order valence-corrected chi connectivity index (χ4v) is 3.48. The van der Waals surface area contributed by atoms with Crippen molar-refractivity contribution >= 4 is 12.0 Å². The molecule has 2 aromatic carbocycles. The molecule has 8 nitrogen and oxygen atoms in total. The van der Waals surface area contributed by atoms with Crippen LogP contribution in [0.5, 0.6) is 23.0 Å². The molecule has 0 bridgehead atoms. The lowest BCUT2D eigenvalue weighted by Crippen LogP contribution is -2.22. The molecular formula is C27H34O8. The summed E-state index contributed by atoms with van der Waals surface area (Å²) < 4.78 is 26.7. The first-order valence-corrected chi connectivity index (χ1v) is 11.1. The van der Waals surface area contributed by atoms with E-state index in [9.17, 15) is 15.0 Å². The summed E-state index contributed by atoms with van der Waals surface area (Å²) in [6, 6.07) is 10.7. The number of benzene rings is 2. The molecular weight excluding hydrogens is 452 g/mol. The molecule has 0 saturated carbocycles. The number of allylic oxidation sites excluding steroid dienone is 2. The molecule has 0 saturated heterocycles. The van der Waals surface area contributed by atoms with E-state index in [1.807, 2.05) is 30.4 Å². The maximum atomic E-state index is 12.3. The second kappa shape index (κ2) is 14.0. The predicted molar refractivity (Wildman–Crippen MR) is 133 cm³/mol. The van der Waals surface area contributed by atoms with Gasteiger partial charge in [-0.15, -0.1) is 0 Å². The number of carbonyl (C=O) groups is 1. The van der Waals surface area contributed by atoms with E-state index >= 15 is 0 Å². The zero-order chi connectivity index (χ0) is 25.8. The number of rotatable bonds is 13. The quantitative estimate of drug-likeness (QED) is 0.324. The lowest BCUT2D eigenvalue weighted by atomic mass is 9.92. The molecule has 2 unspecified atom stereocenters. The SMILES string of the molecule is CC=C(CO)C(=O)OCC(CC=Cc1ccc(OC)c(OC)c1)C(O)c1ccc(OC)c(OC)c1. The minimum atomic E-state index is -0.958. The van der Waals surface area contributed by atoms with E-state index in [-0.39, 0.29) is 12.2 Å². The van der Waals surface area contributed by atoms with Crippen molar-refractivity contribution in [3.63, 3.8) is 0 Å². The number of methoxy groups -OCH3 is 4. The molecule has 2 rings (SSSR count). The van der Waals surface area contributed by atoms with Gasteiger partial charge in [-0.3, -0.25) is 0 Å². The molecule has 0 fully saturated rings.